The number of esters is 1. The van der Waals surface area contributed by atoms with E-state index in [0.29, 0.717) is 16.8 Å². The van der Waals surface area contributed by atoms with E-state index >= 15 is 0 Å². The fourth-order valence-corrected chi connectivity index (χ4v) is 3.89. The summed E-state index contributed by atoms with van der Waals surface area (Å²) in [5.74, 6) is -1.50. The van der Waals surface area contributed by atoms with Crippen molar-refractivity contribution in [3.05, 3.63) is 58.6 Å². The van der Waals surface area contributed by atoms with E-state index in [1.165, 1.54) is 23.1 Å². The van der Waals surface area contributed by atoms with E-state index in [4.69, 9.17) is 9.15 Å². The number of hydrogen-bond donors (Lipinski definition) is 1. The second kappa shape index (κ2) is 9.07. The number of ether oxygens (including phenoxy) is 1. The second-order valence-electron chi connectivity index (χ2n) is 7.64. The highest BCUT2D eigenvalue weighted by Gasteiger charge is 2.15. The normalized spacial score (nSPS) is 13.5. The van der Waals surface area contributed by atoms with E-state index in [1.54, 1.807) is 24.3 Å². The lowest BCUT2D eigenvalue weighted by Gasteiger charge is -2.20. The number of hydrogen-bond acceptors (Lipinski definition) is 6. The van der Waals surface area contributed by atoms with Crippen molar-refractivity contribution in [2.45, 2.75) is 32.7 Å². The van der Waals surface area contributed by atoms with Gasteiger partial charge in [-0.1, -0.05) is 12.1 Å². The highest BCUT2D eigenvalue weighted by atomic mass is 16.5. The quantitative estimate of drug-likeness (QED) is 0.587. The van der Waals surface area contributed by atoms with Crippen LogP contribution in [0.5, 0.6) is 0 Å². The molecule has 1 fully saturated rings. The molecule has 1 aromatic heterocycles. The average molecular weight is 423 g/mol. The molecule has 31 heavy (non-hydrogen) atoms. The summed E-state index contributed by atoms with van der Waals surface area (Å²) in [6, 6.07) is 12.8. The van der Waals surface area contributed by atoms with Crippen molar-refractivity contribution in [2.75, 3.05) is 29.9 Å². The number of aromatic nitrogens is 1. The number of para-hydroxylation sites is 2. The molecule has 1 aliphatic rings. The maximum absolute atomic E-state index is 12.2. The van der Waals surface area contributed by atoms with Crippen molar-refractivity contribution in [3.63, 3.8) is 0 Å². The molecule has 2 heterocycles. The molecule has 0 unspecified atom stereocenters. The SMILES string of the molecule is Cc1cc(NC(=O)COC(=O)CCn2c(=O)oc3ccccc32)ccc1N1CCCC1. The minimum Gasteiger partial charge on any atom is -0.456 e. The number of rotatable bonds is 7. The Morgan fingerprint density at radius 1 is 1.13 bits per heavy atom. The number of amides is 1. The number of carbonyl (C=O) groups is 2. The number of carbonyl (C=O) groups excluding carboxylic acids is 2. The van der Waals surface area contributed by atoms with E-state index < -0.39 is 17.6 Å². The number of benzene rings is 2. The van der Waals surface area contributed by atoms with Crippen molar-refractivity contribution >= 4 is 34.4 Å². The van der Waals surface area contributed by atoms with Gasteiger partial charge in [-0.15, -0.1) is 0 Å². The summed E-state index contributed by atoms with van der Waals surface area (Å²) in [5, 5.41) is 2.75. The first-order valence-electron chi connectivity index (χ1n) is 10.4. The predicted octanol–water partition coefficient (Wildman–Crippen LogP) is 3.08. The van der Waals surface area contributed by atoms with Crippen molar-refractivity contribution < 1.29 is 18.7 Å². The van der Waals surface area contributed by atoms with Crippen LogP contribution in [0.15, 0.2) is 51.7 Å². The molecule has 1 N–H and O–H groups in total. The maximum atomic E-state index is 12.2. The smallest absolute Gasteiger partial charge is 0.419 e. The lowest BCUT2D eigenvalue weighted by atomic mass is 10.1. The van der Waals surface area contributed by atoms with E-state index in [9.17, 15) is 14.4 Å². The molecule has 0 saturated carbocycles. The van der Waals surface area contributed by atoms with Gasteiger partial charge in [0.1, 0.15) is 0 Å². The Balaban J connectivity index is 1.26. The van der Waals surface area contributed by atoms with Crippen LogP contribution in [0.3, 0.4) is 0 Å². The number of fused-ring (bicyclic) bond motifs is 1. The van der Waals surface area contributed by atoms with Gasteiger partial charge in [0.05, 0.1) is 11.9 Å². The molecule has 0 bridgehead atoms. The van der Waals surface area contributed by atoms with Crippen molar-refractivity contribution in [1.82, 2.24) is 4.57 Å². The Kier molecular flexibility index (Phi) is 6.06. The van der Waals surface area contributed by atoms with Gasteiger partial charge < -0.3 is 19.4 Å². The largest absolute Gasteiger partial charge is 0.456 e. The van der Waals surface area contributed by atoms with Gasteiger partial charge in [0.25, 0.3) is 5.91 Å². The third-order valence-electron chi connectivity index (χ3n) is 5.40. The summed E-state index contributed by atoms with van der Waals surface area (Å²) in [7, 11) is 0. The van der Waals surface area contributed by atoms with Crippen LogP contribution in [-0.2, 0) is 20.9 Å². The molecule has 8 heteroatoms. The Morgan fingerprint density at radius 3 is 2.68 bits per heavy atom. The van der Waals surface area contributed by atoms with Crippen LogP contribution in [0, 0.1) is 6.92 Å². The first kappa shape index (κ1) is 20.7. The van der Waals surface area contributed by atoms with E-state index in [1.807, 2.05) is 25.1 Å². The van der Waals surface area contributed by atoms with Gasteiger partial charge in [0.2, 0.25) is 0 Å². The zero-order valence-corrected chi connectivity index (χ0v) is 17.4. The molecule has 1 saturated heterocycles. The van der Waals surface area contributed by atoms with Crippen LogP contribution in [-0.4, -0.2) is 36.1 Å². The Bertz CT molecular complexity index is 1160. The number of anilines is 2. The number of nitrogens with one attached hydrogen (secondary N) is 1. The lowest BCUT2D eigenvalue weighted by molar-refractivity contribution is -0.147. The molecular formula is C23H25N3O5. The van der Waals surface area contributed by atoms with Gasteiger partial charge in [-0.2, -0.15) is 0 Å². The monoisotopic (exact) mass is 423 g/mol. The molecule has 3 aromatic rings. The highest BCUT2D eigenvalue weighted by Crippen LogP contribution is 2.26. The molecule has 0 atom stereocenters. The molecule has 2 aromatic carbocycles. The minimum absolute atomic E-state index is 0.0413. The standard InChI is InChI=1S/C23H25N3O5/c1-16-14-17(8-9-18(16)25-11-4-5-12-25)24-21(27)15-30-22(28)10-13-26-19-6-2-3-7-20(19)31-23(26)29/h2-3,6-9,14H,4-5,10-13,15H2,1H3,(H,24,27). The number of aryl methyl sites for hydroxylation is 2. The van der Waals surface area contributed by atoms with Crippen LogP contribution >= 0.6 is 0 Å². The molecule has 0 radical (unpaired) electrons. The van der Waals surface area contributed by atoms with Crippen LogP contribution < -0.4 is 16.0 Å². The fourth-order valence-electron chi connectivity index (χ4n) is 3.89. The average Bonchev–Trinajstić information content (AvgIpc) is 3.38. The Labute approximate surface area is 179 Å². The highest BCUT2D eigenvalue weighted by molar-refractivity contribution is 5.93. The van der Waals surface area contributed by atoms with Gasteiger partial charge in [0, 0.05) is 31.0 Å². The molecule has 1 amide bonds. The summed E-state index contributed by atoms with van der Waals surface area (Å²) in [4.78, 5) is 38.5. The van der Waals surface area contributed by atoms with Gasteiger partial charge in [0.15, 0.2) is 12.2 Å². The van der Waals surface area contributed by atoms with Gasteiger partial charge >= 0.3 is 11.7 Å². The Morgan fingerprint density at radius 2 is 1.90 bits per heavy atom. The third kappa shape index (κ3) is 4.79. The fraction of sp³-hybridized carbons (Fsp3) is 0.348. The zero-order chi connectivity index (χ0) is 21.8. The van der Waals surface area contributed by atoms with Gasteiger partial charge in [-0.05, 0) is 55.7 Å². The van der Waals surface area contributed by atoms with E-state index in [-0.39, 0.29) is 19.6 Å². The van der Waals surface area contributed by atoms with Crippen LogP contribution in [0.2, 0.25) is 0 Å². The summed E-state index contributed by atoms with van der Waals surface area (Å²) >= 11 is 0. The third-order valence-corrected chi connectivity index (χ3v) is 5.40. The summed E-state index contributed by atoms with van der Waals surface area (Å²) in [6.07, 6.45) is 2.36. The first-order chi connectivity index (χ1) is 15.0. The predicted molar refractivity (Wildman–Crippen MR) is 117 cm³/mol. The zero-order valence-electron chi connectivity index (χ0n) is 17.4. The van der Waals surface area contributed by atoms with E-state index in [2.05, 4.69) is 10.2 Å². The van der Waals surface area contributed by atoms with Crippen LogP contribution in [0.25, 0.3) is 11.1 Å². The summed E-state index contributed by atoms with van der Waals surface area (Å²) < 4.78 is 11.6. The molecule has 1 aliphatic heterocycles. The van der Waals surface area contributed by atoms with Crippen molar-refractivity contribution in [1.29, 1.82) is 0 Å². The molecule has 0 aliphatic carbocycles. The maximum Gasteiger partial charge on any atom is 0.419 e. The molecular weight excluding hydrogens is 398 g/mol. The lowest BCUT2D eigenvalue weighted by Crippen LogP contribution is -2.23. The van der Waals surface area contributed by atoms with Crippen molar-refractivity contribution in [2.24, 2.45) is 0 Å². The van der Waals surface area contributed by atoms with E-state index in [0.717, 1.165) is 18.7 Å². The summed E-state index contributed by atoms with van der Waals surface area (Å²) in [5.41, 5.74) is 4.02. The molecule has 0 spiro atoms. The molecule has 4 rings (SSSR count). The van der Waals surface area contributed by atoms with Crippen LogP contribution in [0.4, 0.5) is 11.4 Å². The second-order valence-corrected chi connectivity index (χ2v) is 7.64. The van der Waals surface area contributed by atoms with Gasteiger partial charge in [-0.3, -0.25) is 14.2 Å². The summed E-state index contributed by atoms with van der Waals surface area (Å²) in [6.45, 7) is 3.87. The molecule has 162 valence electrons. The van der Waals surface area contributed by atoms with Crippen molar-refractivity contribution in [3.8, 4) is 0 Å². The topological polar surface area (TPSA) is 93.8 Å². The first-order valence-corrected chi connectivity index (χ1v) is 10.4. The number of nitrogens with zero attached hydrogens (tertiary/aromatic N) is 2. The van der Waals surface area contributed by atoms with Crippen LogP contribution in [0.1, 0.15) is 24.8 Å². The number of oxazole rings is 1. The minimum atomic E-state index is -0.562. The molecule has 8 nitrogen and oxygen atoms in total. The Hall–Kier alpha value is -3.55. The van der Waals surface area contributed by atoms with Gasteiger partial charge in [-0.25, -0.2) is 4.79 Å².